The Balaban J connectivity index is 1.70. The van der Waals surface area contributed by atoms with Crippen LogP contribution in [0.25, 0.3) is 0 Å². The number of thiazole rings is 1. The van der Waals surface area contributed by atoms with E-state index in [1.165, 1.54) is 5.01 Å². The first-order valence-electron chi connectivity index (χ1n) is 6.15. The molecule has 0 N–H and O–H groups in total. The van der Waals surface area contributed by atoms with E-state index in [-0.39, 0.29) is 12.2 Å². The monoisotopic (exact) mass is 254 g/mol. The van der Waals surface area contributed by atoms with Crippen molar-refractivity contribution in [3.8, 4) is 0 Å². The molecule has 0 bridgehead atoms. The lowest BCUT2D eigenvalue weighted by Gasteiger charge is -2.40. The Hall–Kier alpha value is -0.490. The number of hydrogen-bond donors (Lipinski definition) is 0. The van der Waals surface area contributed by atoms with Gasteiger partial charge in [0.05, 0.1) is 18.8 Å². The molecule has 2 aliphatic rings. The zero-order valence-electron chi connectivity index (χ0n) is 10.0. The summed E-state index contributed by atoms with van der Waals surface area (Å²) in [5.41, 5.74) is 0. The van der Waals surface area contributed by atoms with Crippen LogP contribution in [0.3, 0.4) is 0 Å². The first kappa shape index (κ1) is 11.6. The molecule has 0 saturated carbocycles. The van der Waals surface area contributed by atoms with Crippen molar-refractivity contribution in [1.29, 1.82) is 0 Å². The molecule has 17 heavy (non-hydrogen) atoms. The lowest BCUT2D eigenvalue weighted by molar-refractivity contribution is -0.0845. The van der Waals surface area contributed by atoms with Crippen LogP contribution >= 0.6 is 11.3 Å². The number of rotatable bonds is 3. The molecular formula is C12H18N2O2S. The Bertz CT molecular complexity index is 357. The van der Waals surface area contributed by atoms with Gasteiger partial charge in [0.15, 0.2) is 0 Å². The van der Waals surface area contributed by atoms with Gasteiger partial charge in [0.1, 0.15) is 5.01 Å². The molecule has 94 valence electrons. The minimum absolute atomic E-state index is 0.258. The maximum absolute atomic E-state index is 5.83. The quantitative estimate of drug-likeness (QED) is 0.819. The molecule has 0 unspecified atom stereocenters. The van der Waals surface area contributed by atoms with E-state index in [4.69, 9.17) is 9.47 Å². The van der Waals surface area contributed by atoms with Gasteiger partial charge in [-0.25, -0.2) is 4.98 Å². The summed E-state index contributed by atoms with van der Waals surface area (Å²) in [5, 5.41) is 3.24. The fourth-order valence-electron chi connectivity index (χ4n) is 2.92. The largest absolute Gasteiger partial charge is 0.379 e. The van der Waals surface area contributed by atoms with Gasteiger partial charge in [0, 0.05) is 37.9 Å². The maximum Gasteiger partial charge on any atom is 0.107 e. The van der Waals surface area contributed by atoms with Crippen LogP contribution in [-0.2, 0) is 16.0 Å². The van der Waals surface area contributed by atoms with E-state index in [9.17, 15) is 0 Å². The third-order valence-electron chi connectivity index (χ3n) is 3.76. The summed E-state index contributed by atoms with van der Waals surface area (Å²) in [6.07, 6.45) is 4.59. The van der Waals surface area contributed by atoms with Crippen LogP contribution in [0.2, 0.25) is 0 Å². The molecular weight excluding hydrogens is 236 g/mol. The summed E-state index contributed by atoms with van der Waals surface area (Å²) in [4.78, 5) is 6.87. The Kier molecular flexibility index (Phi) is 3.42. The summed E-state index contributed by atoms with van der Waals surface area (Å²) in [6, 6.07) is 0.512. The topological polar surface area (TPSA) is 34.6 Å². The van der Waals surface area contributed by atoms with Crippen LogP contribution in [-0.4, -0.2) is 48.4 Å². The van der Waals surface area contributed by atoms with Gasteiger partial charge >= 0.3 is 0 Å². The molecule has 0 aromatic carbocycles. The van der Waals surface area contributed by atoms with E-state index in [2.05, 4.69) is 9.88 Å². The van der Waals surface area contributed by atoms with Crippen molar-refractivity contribution in [2.45, 2.75) is 37.6 Å². The first-order chi connectivity index (χ1) is 8.38. The van der Waals surface area contributed by atoms with Crippen LogP contribution < -0.4 is 0 Å². The van der Waals surface area contributed by atoms with Gasteiger partial charge in [-0.2, -0.15) is 0 Å². The van der Waals surface area contributed by atoms with Gasteiger partial charge in [-0.3, -0.25) is 4.90 Å². The second-order valence-electron chi connectivity index (χ2n) is 4.65. The molecule has 2 aliphatic heterocycles. The van der Waals surface area contributed by atoms with Gasteiger partial charge in [-0.15, -0.1) is 11.3 Å². The molecule has 3 heterocycles. The van der Waals surface area contributed by atoms with Crippen molar-refractivity contribution in [3.05, 3.63) is 16.6 Å². The second-order valence-corrected chi connectivity index (χ2v) is 5.63. The molecule has 1 aromatic heterocycles. The minimum Gasteiger partial charge on any atom is -0.379 e. The van der Waals surface area contributed by atoms with E-state index in [0.29, 0.717) is 6.04 Å². The number of piperidine rings is 1. The average molecular weight is 254 g/mol. The van der Waals surface area contributed by atoms with Crippen molar-refractivity contribution in [2.24, 2.45) is 0 Å². The molecule has 0 aliphatic carbocycles. The van der Waals surface area contributed by atoms with Crippen molar-refractivity contribution in [3.63, 3.8) is 0 Å². The molecule has 1 aromatic rings. The number of methoxy groups -OCH3 is 1. The summed E-state index contributed by atoms with van der Waals surface area (Å²) >= 11 is 1.73. The van der Waals surface area contributed by atoms with Crippen molar-refractivity contribution in [2.75, 3.05) is 20.3 Å². The van der Waals surface area contributed by atoms with Crippen LogP contribution in [0.1, 0.15) is 17.8 Å². The molecule has 0 radical (unpaired) electrons. The van der Waals surface area contributed by atoms with E-state index >= 15 is 0 Å². The van der Waals surface area contributed by atoms with Gasteiger partial charge in [0.2, 0.25) is 0 Å². The lowest BCUT2D eigenvalue weighted by atomic mass is 9.96. The zero-order chi connectivity index (χ0) is 11.7. The van der Waals surface area contributed by atoms with Crippen molar-refractivity contribution < 1.29 is 9.47 Å². The predicted octanol–water partition coefficient (Wildman–Crippen LogP) is 1.52. The first-order valence-corrected chi connectivity index (χ1v) is 7.03. The highest BCUT2D eigenvalue weighted by molar-refractivity contribution is 7.09. The Morgan fingerprint density at radius 3 is 3.29 bits per heavy atom. The number of fused-ring (bicyclic) bond motifs is 1. The van der Waals surface area contributed by atoms with Gasteiger partial charge < -0.3 is 9.47 Å². The van der Waals surface area contributed by atoms with Crippen LogP contribution in [0.15, 0.2) is 11.6 Å². The molecule has 3 rings (SSSR count). The molecule has 3 atom stereocenters. The SMILES string of the molecule is CO[C@@H]1CCN(Cc2nccs2)[C@H]2CCO[C@H]12. The van der Waals surface area contributed by atoms with Gasteiger partial charge in [-0.1, -0.05) is 0 Å². The highest BCUT2D eigenvalue weighted by Gasteiger charge is 2.42. The molecule has 0 spiro atoms. The third kappa shape index (κ3) is 2.25. The maximum atomic E-state index is 5.83. The third-order valence-corrected chi connectivity index (χ3v) is 4.53. The summed E-state index contributed by atoms with van der Waals surface area (Å²) in [7, 11) is 1.79. The molecule has 2 fully saturated rings. The lowest BCUT2D eigenvalue weighted by Crippen LogP contribution is -2.52. The van der Waals surface area contributed by atoms with Gasteiger partial charge in [-0.05, 0) is 12.8 Å². The molecule has 5 heteroatoms. The van der Waals surface area contributed by atoms with Crippen LogP contribution in [0.5, 0.6) is 0 Å². The van der Waals surface area contributed by atoms with Crippen LogP contribution in [0, 0.1) is 0 Å². The zero-order valence-corrected chi connectivity index (χ0v) is 10.9. The Morgan fingerprint density at radius 1 is 1.59 bits per heavy atom. The van der Waals surface area contributed by atoms with E-state index < -0.39 is 0 Å². The molecule has 4 nitrogen and oxygen atoms in total. The number of likely N-dealkylation sites (tertiary alicyclic amines) is 1. The number of hydrogen-bond acceptors (Lipinski definition) is 5. The minimum atomic E-state index is 0.258. The number of nitrogens with zero attached hydrogens (tertiary/aromatic N) is 2. The number of aromatic nitrogens is 1. The number of ether oxygens (including phenoxy) is 2. The van der Waals surface area contributed by atoms with Crippen molar-refractivity contribution in [1.82, 2.24) is 9.88 Å². The van der Waals surface area contributed by atoms with E-state index in [1.807, 2.05) is 11.6 Å². The highest BCUT2D eigenvalue weighted by atomic mass is 32.1. The highest BCUT2D eigenvalue weighted by Crippen LogP contribution is 2.31. The summed E-state index contributed by atoms with van der Waals surface area (Å²) in [6.45, 7) is 2.91. The Morgan fingerprint density at radius 2 is 2.53 bits per heavy atom. The fraction of sp³-hybridized carbons (Fsp3) is 0.750. The van der Waals surface area contributed by atoms with Gasteiger partial charge in [0.25, 0.3) is 0 Å². The summed E-state index contributed by atoms with van der Waals surface area (Å²) < 4.78 is 11.4. The molecule has 2 saturated heterocycles. The smallest absolute Gasteiger partial charge is 0.107 e. The van der Waals surface area contributed by atoms with E-state index in [0.717, 1.165) is 32.5 Å². The van der Waals surface area contributed by atoms with Crippen LogP contribution in [0.4, 0.5) is 0 Å². The second kappa shape index (κ2) is 5.02. The average Bonchev–Trinajstić information content (AvgIpc) is 2.99. The van der Waals surface area contributed by atoms with E-state index in [1.54, 1.807) is 18.4 Å². The summed E-state index contributed by atoms with van der Waals surface area (Å²) in [5.74, 6) is 0. The normalized spacial score (nSPS) is 33.8. The van der Waals surface area contributed by atoms with Crippen molar-refractivity contribution >= 4 is 11.3 Å². The standard InChI is InChI=1S/C12H18N2O2S/c1-15-10-2-5-14(8-11-13-4-7-17-11)9-3-6-16-12(9)10/h4,7,9-10,12H,2-3,5-6,8H2,1H3/t9-,10+,12-/m0/s1. The fourth-order valence-corrected chi connectivity index (χ4v) is 3.56. The Labute approximate surface area is 106 Å². The molecule has 0 amide bonds. The predicted molar refractivity (Wildman–Crippen MR) is 66.1 cm³/mol.